The fourth-order valence-corrected chi connectivity index (χ4v) is 3.96. The smallest absolute Gasteiger partial charge is 0.322 e. The molecule has 0 aliphatic carbocycles. The fourth-order valence-electron chi connectivity index (χ4n) is 3.96. The summed E-state index contributed by atoms with van der Waals surface area (Å²) in [5, 5.41) is 5.51. The van der Waals surface area contributed by atoms with Gasteiger partial charge in [-0.15, -0.1) is 0 Å². The van der Waals surface area contributed by atoms with E-state index in [0.29, 0.717) is 24.6 Å². The van der Waals surface area contributed by atoms with Gasteiger partial charge in [0.2, 0.25) is 11.8 Å². The Morgan fingerprint density at radius 2 is 2.10 bits per heavy atom. The van der Waals surface area contributed by atoms with Crippen LogP contribution < -0.4 is 10.6 Å². The third kappa shape index (κ3) is 4.38. The van der Waals surface area contributed by atoms with Gasteiger partial charge in [-0.25, -0.2) is 13.6 Å². The monoisotopic (exact) mass is 429 g/mol. The minimum absolute atomic E-state index is 0.0289. The second-order valence-corrected chi connectivity index (χ2v) is 7.51. The van der Waals surface area contributed by atoms with Gasteiger partial charge < -0.3 is 15.5 Å². The molecule has 10 heteroatoms. The van der Waals surface area contributed by atoms with Crippen LogP contribution in [0.5, 0.6) is 0 Å². The second-order valence-electron chi connectivity index (χ2n) is 7.51. The van der Waals surface area contributed by atoms with E-state index in [-0.39, 0.29) is 24.7 Å². The molecule has 162 valence electrons. The first-order valence-electron chi connectivity index (χ1n) is 9.93. The number of rotatable bonds is 5. The van der Waals surface area contributed by atoms with E-state index in [2.05, 4.69) is 15.6 Å². The summed E-state index contributed by atoms with van der Waals surface area (Å²) in [6, 6.07) is 4.57. The lowest BCUT2D eigenvalue weighted by molar-refractivity contribution is -0.138. The van der Waals surface area contributed by atoms with Gasteiger partial charge in [-0.2, -0.15) is 0 Å². The molecule has 2 atom stereocenters. The lowest BCUT2D eigenvalue weighted by atomic mass is 9.93. The van der Waals surface area contributed by atoms with Crippen LogP contribution in [0.3, 0.4) is 0 Å². The van der Waals surface area contributed by atoms with Crippen LogP contribution in [-0.4, -0.2) is 57.8 Å². The van der Waals surface area contributed by atoms with E-state index in [9.17, 15) is 23.2 Å². The number of carbonyl (C=O) groups excluding carboxylic acids is 3. The summed E-state index contributed by atoms with van der Waals surface area (Å²) in [6.07, 6.45) is 4.46. The van der Waals surface area contributed by atoms with E-state index in [1.165, 1.54) is 4.90 Å². The third-order valence-electron chi connectivity index (χ3n) is 5.42. The third-order valence-corrected chi connectivity index (χ3v) is 5.42. The topological polar surface area (TPSA) is 94.6 Å². The Morgan fingerprint density at radius 3 is 2.84 bits per heavy atom. The Bertz CT molecular complexity index is 1000. The van der Waals surface area contributed by atoms with Gasteiger partial charge in [-0.05, 0) is 43.1 Å². The van der Waals surface area contributed by atoms with Gasteiger partial charge >= 0.3 is 6.03 Å². The van der Waals surface area contributed by atoms with Crippen LogP contribution in [0.4, 0.5) is 19.3 Å². The lowest BCUT2D eigenvalue weighted by Gasteiger charge is -2.46. The summed E-state index contributed by atoms with van der Waals surface area (Å²) < 4.78 is 27.0. The Hall–Kier alpha value is -3.40. The van der Waals surface area contributed by atoms with Gasteiger partial charge in [0, 0.05) is 18.5 Å². The van der Waals surface area contributed by atoms with Crippen molar-refractivity contribution in [3.63, 3.8) is 0 Å². The normalized spacial score (nSPS) is 21.1. The van der Waals surface area contributed by atoms with Gasteiger partial charge in [-0.1, -0.05) is 6.07 Å². The number of halogens is 2. The Labute approximate surface area is 177 Å². The first-order chi connectivity index (χ1) is 14.9. The molecular weight excluding hydrogens is 408 g/mol. The van der Waals surface area contributed by atoms with E-state index in [4.69, 9.17) is 0 Å². The van der Waals surface area contributed by atoms with Crippen molar-refractivity contribution in [1.29, 1.82) is 0 Å². The maximum absolute atomic E-state index is 13.9. The Balaban J connectivity index is 1.54. The van der Waals surface area contributed by atoms with Crippen molar-refractivity contribution < 1.29 is 23.2 Å². The number of hydrogen-bond acceptors (Lipinski definition) is 5. The molecule has 4 rings (SSSR count). The van der Waals surface area contributed by atoms with Crippen molar-refractivity contribution in [3.05, 3.63) is 59.9 Å². The van der Waals surface area contributed by atoms with Crippen molar-refractivity contribution in [3.8, 4) is 0 Å². The van der Waals surface area contributed by atoms with Crippen LogP contribution in [0.2, 0.25) is 0 Å². The van der Waals surface area contributed by atoms with Crippen LogP contribution in [0.15, 0.2) is 42.7 Å². The molecule has 4 amide bonds. The van der Waals surface area contributed by atoms with E-state index < -0.39 is 35.7 Å². The highest BCUT2D eigenvalue weighted by atomic mass is 19.1. The number of amides is 4. The number of aromatic nitrogens is 1. The zero-order chi connectivity index (χ0) is 22.0. The maximum atomic E-state index is 13.9. The molecule has 0 radical (unpaired) electrons. The van der Waals surface area contributed by atoms with E-state index in [1.54, 1.807) is 24.5 Å². The standard InChI is InChI=1S/C21H21F2N5O3/c22-14-5-6-16(15(23)9-14)26-18(29)12-27-17-4-2-8-25-19(17)20(30)28(21(27)31)11-13-3-1-7-24-10-13/h1,3,5-7,9-10,17,19,25H,2,4,8,11-12H2,(H,26,29). The highest BCUT2D eigenvalue weighted by Crippen LogP contribution is 2.26. The number of urea groups is 1. The highest BCUT2D eigenvalue weighted by Gasteiger charge is 2.47. The lowest BCUT2D eigenvalue weighted by Crippen LogP contribution is -2.70. The quantitative estimate of drug-likeness (QED) is 0.757. The fraction of sp³-hybridized carbons (Fsp3) is 0.333. The first-order valence-corrected chi connectivity index (χ1v) is 9.93. The molecule has 1 aromatic heterocycles. The molecule has 3 heterocycles. The number of anilines is 1. The Morgan fingerprint density at radius 1 is 1.26 bits per heavy atom. The molecule has 0 bridgehead atoms. The molecule has 2 aromatic rings. The van der Waals surface area contributed by atoms with Crippen molar-refractivity contribution in [2.75, 3.05) is 18.4 Å². The van der Waals surface area contributed by atoms with Crippen LogP contribution in [-0.2, 0) is 16.1 Å². The highest BCUT2D eigenvalue weighted by molar-refractivity contribution is 6.02. The van der Waals surface area contributed by atoms with Gasteiger partial charge in [-0.3, -0.25) is 19.5 Å². The van der Waals surface area contributed by atoms with E-state index >= 15 is 0 Å². The molecule has 2 N–H and O–H groups in total. The zero-order valence-corrected chi connectivity index (χ0v) is 16.6. The minimum Gasteiger partial charge on any atom is -0.322 e. The second kappa shape index (κ2) is 8.76. The van der Waals surface area contributed by atoms with Crippen molar-refractivity contribution in [1.82, 2.24) is 20.1 Å². The molecule has 31 heavy (non-hydrogen) atoms. The van der Waals surface area contributed by atoms with Crippen LogP contribution in [0, 0.1) is 11.6 Å². The number of pyridine rings is 1. The zero-order valence-electron chi connectivity index (χ0n) is 16.6. The molecule has 8 nitrogen and oxygen atoms in total. The minimum atomic E-state index is -0.913. The molecule has 2 saturated heterocycles. The van der Waals surface area contributed by atoms with Crippen LogP contribution in [0.25, 0.3) is 0 Å². The maximum Gasteiger partial charge on any atom is 0.327 e. The average Bonchev–Trinajstić information content (AvgIpc) is 2.77. The summed E-state index contributed by atoms with van der Waals surface area (Å²) in [4.78, 5) is 45.2. The largest absolute Gasteiger partial charge is 0.327 e. The number of nitrogens with one attached hydrogen (secondary N) is 2. The Kier molecular flexibility index (Phi) is 5.90. The molecule has 0 spiro atoms. The summed E-state index contributed by atoms with van der Waals surface area (Å²) in [7, 11) is 0. The number of fused-ring (bicyclic) bond motifs is 1. The number of nitrogens with zero attached hydrogens (tertiary/aromatic N) is 3. The van der Waals surface area contributed by atoms with Crippen LogP contribution in [0.1, 0.15) is 18.4 Å². The van der Waals surface area contributed by atoms with Crippen molar-refractivity contribution in [2.45, 2.75) is 31.5 Å². The molecular formula is C21H21F2N5O3. The summed E-state index contributed by atoms with van der Waals surface area (Å²) in [6.45, 7) is 0.291. The van der Waals surface area contributed by atoms with Gasteiger partial charge in [0.05, 0.1) is 18.3 Å². The SMILES string of the molecule is O=C(CN1C(=O)N(Cc2cccnc2)C(=O)C2NCCCC21)Nc1ccc(F)cc1F. The van der Waals surface area contributed by atoms with Gasteiger partial charge in [0.1, 0.15) is 24.2 Å². The summed E-state index contributed by atoms with van der Waals surface area (Å²) in [5.41, 5.74) is 0.494. The number of benzene rings is 1. The predicted octanol–water partition coefficient (Wildman–Crippen LogP) is 1.88. The first kappa shape index (κ1) is 20.9. The van der Waals surface area contributed by atoms with Gasteiger partial charge in [0.25, 0.3) is 0 Å². The molecule has 0 saturated carbocycles. The summed E-state index contributed by atoms with van der Waals surface area (Å²) >= 11 is 0. The summed E-state index contributed by atoms with van der Waals surface area (Å²) in [5.74, 6) is -2.66. The number of carbonyl (C=O) groups is 3. The number of hydrogen-bond donors (Lipinski definition) is 2. The molecule has 2 aliphatic heterocycles. The van der Waals surface area contributed by atoms with Crippen molar-refractivity contribution >= 4 is 23.5 Å². The van der Waals surface area contributed by atoms with Crippen LogP contribution >= 0.6 is 0 Å². The average molecular weight is 429 g/mol. The number of piperidine rings is 1. The molecule has 1 aromatic carbocycles. The molecule has 2 fully saturated rings. The van der Waals surface area contributed by atoms with E-state index in [0.717, 1.165) is 23.5 Å². The molecule has 2 aliphatic rings. The van der Waals surface area contributed by atoms with Crippen molar-refractivity contribution in [2.24, 2.45) is 0 Å². The van der Waals surface area contributed by atoms with Gasteiger partial charge in [0.15, 0.2) is 0 Å². The number of imide groups is 1. The predicted molar refractivity (Wildman–Crippen MR) is 107 cm³/mol. The molecule has 2 unspecified atom stereocenters. The van der Waals surface area contributed by atoms with E-state index in [1.807, 2.05) is 0 Å².